The van der Waals surface area contributed by atoms with Gasteiger partial charge in [0.15, 0.2) is 0 Å². The molecule has 0 bridgehead atoms. The average Bonchev–Trinajstić information content (AvgIpc) is 2.17. The van der Waals surface area contributed by atoms with E-state index in [0.717, 1.165) is 11.3 Å². The van der Waals surface area contributed by atoms with Crippen LogP contribution in [0.2, 0.25) is 0 Å². The molecule has 0 aliphatic rings. The van der Waals surface area contributed by atoms with Crippen LogP contribution in [0.4, 0.5) is 5.69 Å². The lowest BCUT2D eigenvalue weighted by Gasteiger charge is -2.03. The molecule has 1 heteroatoms. The molecule has 64 valence electrons. The quantitative estimate of drug-likeness (QED) is 0.652. The van der Waals surface area contributed by atoms with E-state index < -0.39 is 0 Å². The molecule has 0 aliphatic carbocycles. The second-order valence-electron chi connectivity index (χ2n) is 3.03. The lowest BCUT2D eigenvalue weighted by molar-refractivity contribution is 1.69. The van der Waals surface area contributed by atoms with E-state index in [1.165, 1.54) is 10.8 Å². The van der Waals surface area contributed by atoms with Gasteiger partial charge in [0, 0.05) is 5.69 Å². The number of rotatable bonds is 1. The molecule has 0 heterocycles. The van der Waals surface area contributed by atoms with Crippen LogP contribution in [0, 0.1) is 0 Å². The highest BCUT2D eigenvalue weighted by Gasteiger charge is 1.97. The lowest BCUT2D eigenvalue weighted by Crippen LogP contribution is -1.88. The van der Waals surface area contributed by atoms with E-state index in [1.807, 2.05) is 18.2 Å². The van der Waals surface area contributed by atoms with Gasteiger partial charge in [0.1, 0.15) is 0 Å². The largest absolute Gasteiger partial charge is 0.398 e. The number of hydrogen-bond donors (Lipinski definition) is 1. The van der Waals surface area contributed by atoms with Crippen LogP contribution in [0.25, 0.3) is 16.8 Å². The molecule has 13 heavy (non-hydrogen) atoms. The summed E-state index contributed by atoms with van der Waals surface area (Å²) < 4.78 is 0. The SMILES string of the molecule is C=Cc1cc2ccccc2cc1N. The van der Waals surface area contributed by atoms with E-state index in [0.29, 0.717) is 0 Å². The molecule has 0 saturated heterocycles. The third-order valence-electron chi connectivity index (χ3n) is 2.17. The van der Waals surface area contributed by atoms with Crippen molar-refractivity contribution in [3.63, 3.8) is 0 Å². The van der Waals surface area contributed by atoms with Gasteiger partial charge in [0.2, 0.25) is 0 Å². The van der Waals surface area contributed by atoms with Gasteiger partial charge < -0.3 is 5.73 Å². The highest BCUT2D eigenvalue weighted by Crippen LogP contribution is 2.22. The summed E-state index contributed by atoms with van der Waals surface area (Å²) in [5.41, 5.74) is 7.61. The zero-order chi connectivity index (χ0) is 9.26. The molecule has 0 saturated carbocycles. The first-order valence-corrected chi connectivity index (χ1v) is 4.22. The molecule has 0 unspecified atom stereocenters. The number of nitrogens with two attached hydrogens (primary N) is 1. The van der Waals surface area contributed by atoms with Crippen molar-refractivity contribution in [2.75, 3.05) is 5.73 Å². The topological polar surface area (TPSA) is 26.0 Å². The van der Waals surface area contributed by atoms with Crippen molar-refractivity contribution in [3.8, 4) is 0 Å². The van der Waals surface area contributed by atoms with Gasteiger partial charge in [-0.3, -0.25) is 0 Å². The normalized spacial score (nSPS) is 10.2. The lowest BCUT2D eigenvalue weighted by atomic mass is 10.1. The Morgan fingerprint density at radius 3 is 2.31 bits per heavy atom. The van der Waals surface area contributed by atoms with Crippen LogP contribution >= 0.6 is 0 Å². The van der Waals surface area contributed by atoms with Crippen molar-refractivity contribution in [2.24, 2.45) is 0 Å². The van der Waals surface area contributed by atoms with Crippen LogP contribution in [0.15, 0.2) is 43.0 Å². The minimum absolute atomic E-state index is 0.786. The van der Waals surface area contributed by atoms with Crippen molar-refractivity contribution in [1.29, 1.82) is 0 Å². The molecule has 0 fully saturated rings. The highest BCUT2D eigenvalue weighted by molar-refractivity contribution is 5.89. The highest BCUT2D eigenvalue weighted by atomic mass is 14.6. The smallest absolute Gasteiger partial charge is 0.0393 e. The van der Waals surface area contributed by atoms with Gasteiger partial charge in [0.25, 0.3) is 0 Å². The van der Waals surface area contributed by atoms with E-state index in [-0.39, 0.29) is 0 Å². The fraction of sp³-hybridized carbons (Fsp3) is 0. The fourth-order valence-electron chi connectivity index (χ4n) is 1.45. The van der Waals surface area contributed by atoms with Crippen LogP contribution in [-0.2, 0) is 0 Å². The fourth-order valence-corrected chi connectivity index (χ4v) is 1.45. The standard InChI is InChI=1S/C12H11N/c1-2-9-7-10-5-3-4-6-11(10)8-12(9)13/h2-8H,1,13H2. The molecule has 0 aliphatic heterocycles. The van der Waals surface area contributed by atoms with Crippen LogP contribution < -0.4 is 5.73 Å². The number of nitrogen functional groups attached to an aromatic ring is 1. The first kappa shape index (κ1) is 7.87. The molecule has 2 N–H and O–H groups in total. The van der Waals surface area contributed by atoms with E-state index in [2.05, 4.69) is 24.8 Å². The van der Waals surface area contributed by atoms with E-state index in [9.17, 15) is 0 Å². The van der Waals surface area contributed by atoms with Gasteiger partial charge in [-0.15, -0.1) is 0 Å². The summed E-state index contributed by atoms with van der Waals surface area (Å²) in [4.78, 5) is 0. The van der Waals surface area contributed by atoms with E-state index >= 15 is 0 Å². The number of anilines is 1. The third kappa shape index (κ3) is 1.29. The third-order valence-corrected chi connectivity index (χ3v) is 2.17. The summed E-state index contributed by atoms with van der Waals surface area (Å²) in [6, 6.07) is 12.2. The molecule has 2 aromatic carbocycles. The molecule has 0 radical (unpaired) electrons. The summed E-state index contributed by atoms with van der Waals surface area (Å²) in [7, 11) is 0. The Balaban J connectivity index is 2.81. The monoisotopic (exact) mass is 169 g/mol. The summed E-state index contributed by atoms with van der Waals surface area (Å²) in [6.45, 7) is 3.72. The summed E-state index contributed by atoms with van der Waals surface area (Å²) in [5, 5.41) is 2.37. The van der Waals surface area contributed by atoms with Gasteiger partial charge >= 0.3 is 0 Å². The zero-order valence-corrected chi connectivity index (χ0v) is 7.33. The van der Waals surface area contributed by atoms with Gasteiger partial charge in [0.05, 0.1) is 0 Å². The van der Waals surface area contributed by atoms with Crippen molar-refractivity contribution < 1.29 is 0 Å². The van der Waals surface area contributed by atoms with Gasteiger partial charge in [-0.2, -0.15) is 0 Å². The van der Waals surface area contributed by atoms with Crippen molar-refractivity contribution in [1.82, 2.24) is 0 Å². The summed E-state index contributed by atoms with van der Waals surface area (Å²) >= 11 is 0. The molecule has 0 atom stereocenters. The van der Waals surface area contributed by atoms with Crippen LogP contribution in [0.1, 0.15) is 5.56 Å². The predicted molar refractivity (Wildman–Crippen MR) is 58.5 cm³/mol. The van der Waals surface area contributed by atoms with Crippen molar-refractivity contribution in [2.45, 2.75) is 0 Å². The first-order chi connectivity index (χ1) is 6.31. The van der Waals surface area contributed by atoms with Gasteiger partial charge in [-0.05, 0) is 28.5 Å². The molecular formula is C12H11N. The molecule has 0 aromatic heterocycles. The average molecular weight is 169 g/mol. The Bertz CT molecular complexity index is 458. The van der Waals surface area contributed by atoms with Gasteiger partial charge in [-0.25, -0.2) is 0 Å². The van der Waals surface area contributed by atoms with E-state index in [4.69, 9.17) is 5.73 Å². The molecule has 2 rings (SSSR count). The number of benzene rings is 2. The molecular weight excluding hydrogens is 158 g/mol. The molecule has 1 nitrogen and oxygen atoms in total. The second kappa shape index (κ2) is 2.94. The Labute approximate surface area is 77.5 Å². The zero-order valence-electron chi connectivity index (χ0n) is 7.33. The minimum Gasteiger partial charge on any atom is -0.398 e. The second-order valence-corrected chi connectivity index (χ2v) is 3.03. The number of fused-ring (bicyclic) bond motifs is 1. The van der Waals surface area contributed by atoms with Crippen molar-refractivity contribution in [3.05, 3.63) is 48.5 Å². The Morgan fingerprint density at radius 1 is 1.08 bits per heavy atom. The maximum Gasteiger partial charge on any atom is 0.0393 e. The van der Waals surface area contributed by atoms with Crippen LogP contribution in [0.5, 0.6) is 0 Å². The van der Waals surface area contributed by atoms with Crippen molar-refractivity contribution >= 4 is 22.5 Å². The molecule has 0 amide bonds. The Kier molecular flexibility index (Phi) is 1.78. The summed E-state index contributed by atoms with van der Waals surface area (Å²) in [5.74, 6) is 0. The molecule has 2 aromatic rings. The maximum absolute atomic E-state index is 5.83. The van der Waals surface area contributed by atoms with Gasteiger partial charge in [-0.1, -0.05) is 36.9 Å². The summed E-state index contributed by atoms with van der Waals surface area (Å²) in [6.07, 6.45) is 1.78. The predicted octanol–water partition coefficient (Wildman–Crippen LogP) is 3.07. The number of hydrogen-bond acceptors (Lipinski definition) is 1. The van der Waals surface area contributed by atoms with Crippen LogP contribution in [-0.4, -0.2) is 0 Å². The molecule has 0 spiro atoms. The maximum atomic E-state index is 5.83. The minimum atomic E-state index is 0.786. The van der Waals surface area contributed by atoms with E-state index in [1.54, 1.807) is 6.08 Å². The Hall–Kier alpha value is -1.76. The Morgan fingerprint density at radius 2 is 1.69 bits per heavy atom. The first-order valence-electron chi connectivity index (χ1n) is 4.22. The van der Waals surface area contributed by atoms with Crippen LogP contribution in [0.3, 0.4) is 0 Å².